The fourth-order valence-corrected chi connectivity index (χ4v) is 1.22. The van der Waals surface area contributed by atoms with Crippen molar-refractivity contribution in [2.45, 2.75) is 6.42 Å². The summed E-state index contributed by atoms with van der Waals surface area (Å²) in [6, 6.07) is 10.4. The summed E-state index contributed by atoms with van der Waals surface area (Å²) < 4.78 is 0. The maximum atomic E-state index is 4.95. The molecule has 20 heavy (non-hydrogen) atoms. The van der Waals surface area contributed by atoms with Crippen LogP contribution in [0.4, 0.5) is 0 Å². The van der Waals surface area contributed by atoms with Crippen LogP contribution in [-0.4, -0.2) is 25.5 Å². The van der Waals surface area contributed by atoms with Gasteiger partial charge in [-0.05, 0) is 20.6 Å². The summed E-state index contributed by atoms with van der Waals surface area (Å²) in [4.78, 5) is 2.15. The molecule has 1 aromatic rings. The number of hydrogen-bond donors (Lipinski definition) is 0. The first-order valence-electron chi connectivity index (χ1n) is 6.04. The Morgan fingerprint density at radius 2 is 1.80 bits per heavy atom. The van der Waals surface area contributed by atoms with Crippen LogP contribution in [0.1, 0.15) is 12.0 Å². The Labute approximate surface area is 140 Å². The van der Waals surface area contributed by atoms with Crippen molar-refractivity contribution in [3.05, 3.63) is 66.6 Å². The Balaban J connectivity index is 0.000000331. The van der Waals surface area contributed by atoms with E-state index in [-0.39, 0.29) is 0 Å². The molecular formula is C15H19Cl3NV-2. The molecule has 1 aromatic carbocycles. The third-order valence-corrected chi connectivity index (χ3v) is 2.08. The van der Waals surface area contributed by atoms with E-state index >= 15 is 0 Å². The molecule has 0 aliphatic heterocycles. The van der Waals surface area contributed by atoms with E-state index < -0.39 is 12.3 Å². The molecule has 2 rings (SSSR count). The van der Waals surface area contributed by atoms with Crippen LogP contribution in [-0.2, 0) is 12.3 Å². The predicted molar refractivity (Wildman–Crippen MR) is 87.5 cm³/mol. The zero-order chi connectivity index (χ0) is 15.2. The Hall–Kier alpha value is -0.0156. The van der Waals surface area contributed by atoms with E-state index in [0.717, 1.165) is 13.0 Å². The summed E-state index contributed by atoms with van der Waals surface area (Å²) in [5, 5.41) is 0. The maximum absolute atomic E-state index is 4.95. The average molecular weight is 371 g/mol. The molecule has 1 aliphatic carbocycles. The number of hydrogen-bond acceptors (Lipinski definition) is 1. The van der Waals surface area contributed by atoms with Crippen molar-refractivity contribution < 1.29 is 12.3 Å². The van der Waals surface area contributed by atoms with Crippen LogP contribution in [0, 0.1) is 12.5 Å². The quantitative estimate of drug-likeness (QED) is 0.663. The fourth-order valence-electron chi connectivity index (χ4n) is 1.22. The van der Waals surface area contributed by atoms with Gasteiger partial charge in [-0.1, -0.05) is 6.07 Å². The second-order valence-electron chi connectivity index (χ2n) is 4.07. The number of halogens is 3. The topological polar surface area (TPSA) is 3.24 Å². The van der Waals surface area contributed by atoms with Gasteiger partial charge in [-0.3, -0.25) is 6.08 Å². The molecule has 112 valence electrons. The Kier molecular flexibility index (Phi) is 13.9. The van der Waals surface area contributed by atoms with Gasteiger partial charge in [-0.2, -0.15) is 30.2 Å². The number of benzene rings is 1. The molecule has 1 aliphatic rings. The van der Waals surface area contributed by atoms with Gasteiger partial charge in [0.15, 0.2) is 0 Å². The molecule has 0 saturated carbocycles. The Bertz CT molecular complexity index is 365. The molecule has 0 unspecified atom stereocenters. The van der Waals surface area contributed by atoms with Crippen LogP contribution in [0.2, 0.25) is 0 Å². The second-order valence-corrected chi connectivity index (χ2v) is 11.0. The average Bonchev–Trinajstić information content (AvgIpc) is 2.96. The van der Waals surface area contributed by atoms with E-state index in [1.165, 1.54) is 5.56 Å². The van der Waals surface area contributed by atoms with E-state index in [4.69, 9.17) is 29.5 Å². The van der Waals surface area contributed by atoms with Gasteiger partial charge in [-0.15, -0.1) is 18.6 Å². The standard InChI is InChI=1S/C10H14N.C5H5.3ClH.V/c1-11(2)9-8-10-6-4-3-5-7-10;1-2-4-5-3-1;;;;/h3-8H,9H2,1-2H3;1-3H,4H2;3*1H;/q2*-1;;;;+3/p-3. The van der Waals surface area contributed by atoms with Gasteiger partial charge in [0.05, 0.1) is 0 Å². The third kappa shape index (κ3) is 16.0. The first kappa shape index (κ1) is 20.0. The van der Waals surface area contributed by atoms with Crippen LogP contribution in [0.25, 0.3) is 0 Å². The predicted octanol–water partition coefficient (Wildman–Crippen LogP) is 5.17. The van der Waals surface area contributed by atoms with E-state index in [1.807, 2.05) is 18.2 Å². The van der Waals surface area contributed by atoms with Crippen molar-refractivity contribution in [3.8, 4) is 0 Å². The van der Waals surface area contributed by atoms with Crippen molar-refractivity contribution >= 4 is 29.5 Å². The van der Waals surface area contributed by atoms with E-state index in [0.29, 0.717) is 0 Å². The van der Waals surface area contributed by atoms with Crippen molar-refractivity contribution in [1.82, 2.24) is 4.90 Å². The zero-order valence-electron chi connectivity index (χ0n) is 11.6. The normalized spacial score (nSPS) is 11.8. The van der Waals surface area contributed by atoms with Crippen molar-refractivity contribution in [2.75, 3.05) is 20.6 Å². The molecule has 0 saturated heterocycles. The van der Waals surface area contributed by atoms with Crippen molar-refractivity contribution in [1.29, 1.82) is 0 Å². The van der Waals surface area contributed by atoms with Gasteiger partial charge < -0.3 is 4.90 Å². The molecule has 0 radical (unpaired) electrons. The van der Waals surface area contributed by atoms with Gasteiger partial charge in [0.25, 0.3) is 0 Å². The number of rotatable bonds is 3. The van der Waals surface area contributed by atoms with Gasteiger partial charge >= 0.3 is 41.8 Å². The van der Waals surface area contributed by atoms with Crippen LogP contribution in [0.5, 0.6) is 0 Å². The Morgan fingerprint density at radius 3 is 2.15 bits per heavy atom. The molecule has 0 aromatic heterocycles. The molecule has 0 bridgehead atoms. The van der Waals surface area contributed by atoms with Crippen LogP contribution < -0.4 is 0 Å². The molecule has 1 nitrogen and oxygen atoms in total. The van der Waals surface area contributed by atoms with Gasteiger partial charge in [0.2, 0.25) is 0 Å². The van der Waals surface area contributed by atoms with Crippen LogP contribution in [0.15, 0.2) is 48.6 Å². The van der Waals surface area contributed by atoms with E-state index in [2.05, 4.69) is 61.8 Å². The van der Waals surface area contributed by atoms with Crippen LogP contribution in [0.3, 0.4) is 0 Å². The summed E-state index contributed by atoms with van der Waals surface area (Å²) in [6.07, 6.45) is 12.2. The summed E-state index contributed by atoms with van der Waals surface area (Å²) >= 11 is -1.77. The first-order chi connectivity index (χ1) is 9.52. The number of nitrogens with zero attached hydrogens (tertiary/aromatic N) is 1. The number of allylic oxidation sites excluding steroid dienone is 4. The minimum absolute atomic E-state index is 1.00. The summed E-state index contributed by atoms with van der Waals surface area (Å²) in [7, 11) is 19.0. The zero-order valence-corrected chi connectivity index (χ0v) is 15.3. The molecule has 0 amide bonds. The van der Waals surface area contributed by atoms with E-state index in [1.54, 1.807) is 0 Å². The summed E-state index contributed by atoms with van der Waals surface area (Å²) in [6.45, 7) is 1.00. The van der Waals surface area contributed by atoms with Gasteiger partial charge in [-0.25, -0.2) is 12.2 Å². The molecule has 0 atom stereocenters. The molecule has 0 heterocycles. The molecule has 0 spiro atoms. The summed E-state index contributed by atoms with van der Waals surface area (Å²) in [5.74, 6) is 0. The van der Waals surface area contributed by atoms with Crippen molar-refractivity contribution in [3.63, 3.8) is 0 Å². The molecule has 5 heteroatoms. The second kappa shape index (κ2) is 13.9. The first-order valence-corrected chi connectivity index (χ1v) is 11.8. The molecular weight excluding hydrogens is 351 g/mol. The third-order valence-electron chi connectivity index (χ3n) is 2.08. The van der Waals surface area contributed by atoms with E-state index in [9.17, 15) is 0 Å². The monoisotopic (exact) mass is 369 g/mol. The molecule has 0 N–H and O–H groups in total. The Morgan fingerprint density at radius 1 is 1.20 bits per heavy atom. The minimum atomic E-state index is -1.77. The summed E-state index contributed by atoms with van der Waals surface area (Å²) in [5.41, 5.74) is 1.29. The van der Waals surface area contributed by atoms with Gasteiger partial charge in [0, 0.05) is 0 Å². The van der Waals surface area contributed by atoms with Crippen LogP contribution >= 0.6 is 29.5 Å². The molecule has 0 fully saturated rings. The van der Waals surface area contributed by atoms with Crippen molar-refractivity contribution in [2.24, 2.45) is 0 Å². The SMILES string of the molecule is CN(C)C[CH-]c1ccccc1.[C-]1=CC=CC1.[Cl][V]([Cl])[Cl]. The number of likely N-dealkylation sites (N-methyl/N-ethyl adjacent to an activating group) is 1. The van der Waals surface area contributed by atoms with Gasteiger partial charge in [0.1, 0.15) is 0 Å². The fraction of sp³-hybridized carbons (Fsp3) is 0.267.